The van der Waals surface area contributed by atoms with E-state index in [0.717, 1.165) is 22.3 Å². The maximum absolute atomic E-state index is 4.21. The van der Waals surface area contributed by atoms with Gasteiger partial charge in [0.15, 0.2) is 0 Å². The van der Waals surface area contributed by atoms with E-state index in [1.807, 2.05) is 24.8 Å². The minimum Gasteiger partial charge on any atom is -0.285 e. The maximum Gasteiger partial charge on any atom is 0.0566 e. The maximum atomic E-state index is 4.21. The van der Waals surface area contributed by atoms with Gasteiger partial charge in [0.2, 0.25) is 0 Å². The SMILES string of the molecule is c1ncc(-c2cn[nH]c2)cc1-c1cn[nH]c1. The molecule has 0 bridgehead atoms. The molecule has 0 aliphatic heterocycles. The molecular formula is C11H9N5. The number of hydrogen-bond donors (Lipinski definition) is 2. The van der Waals surface area contributed by atoms with E-state index in [9.17, 15) is 0 Å². The Morgan fingerprint density at radius 3 is 1.69 bits per heavy atom. The van der Waals surface area contributed by atoms with Crippen LogP contribution in [0.4, 0.5) is 0 Å². The van der Waals surface area contributed by atoms with E-state index in [0.29, 0.717) is 0 Å². The molecule has 3 rings (SSSR count). The van der Waals surface area contributed by atoms with Gasteiger partial charge in [-0.05, 0) is 6.07 Å². The Bertz CT molecular complexity index is 519. The van der Waals surface area contributed by atoms with Gasteiger partial charge in [-0.25, -0.2) is 0 Å². The number of aromatic amines is 2. The van der Waals surface area contributed by atoms with Crippen molar-refractivity contribution >= 4 is 0 Å². The highest BCUT2D eigenvalue weighted by Crippen LogP contribution is 2.23. The van der Waals surface area contributed by atoms with Gasteiger partial charge in [-0.15, -0.1) is 0 Å². The van der Waals surface area contributed by atoms with Crippen molar-refractivity contribution in [1.82, 2.24) is 25.4 Å². The van der Waals surface area contributed by atoms with Crippen LogP contribution in [-0.2, 0) is 0 Å². The van der Waals surface area contributed by atoms with E-state index in [-0.39, 0.29) is 0 Å². The molecule has 0 aliphatic carbocycles. The molecule has 78 valence electrons. The van der Waals surface area contributed by atoms with Crippen LogP contribution < -0.4 is 0 Å². The molecule has 0 fully saturated rings. The number of hydrogen-bond acceptors (Lipinski definition) is 3. The summed E-state index contributed by atoms with van der Waals surface area (Å²) >= 11 is 0. The fourth-order valence-electron chi connectivity index (χ4n) is 1.57. The number of nitrogens with one attached hydrogen (secondary N) is 2. The van der Waals surface area contributed by atoms with Gasteiger partial charge in [0.05, 0.1) is 12.4 Å². The van der Waals surface area contributed by atoms with Crippen LogP contribution in [0.5, 0.6) is 0 Å². The van der Waals surface area contributed by atoms with E-state index >= 15 is 0 Å². The van der Waals surface area contributed by atoms with Crippen LogP contribution >= 0.6 is 0 Å². The van der Waals surface area contributed by atoms with Crippen LogP contribution in [0.1, 0.15) is 0 Å². The molecule has 5 nitrogen and oxygen atoms in total. The van der Waals surface area contributed by atoms with Crippen LogP contribution in [0.3, 0.4) is 0 Å². The molecule has 2 N–H and O–H groups in total. The number of rotatable bonds is 2. The molecule has 0 radical (unpaired) electrons. The van der Waals surface area contributed by atoms with E-state index in [4.69, 9.17) is 0 Å². The lowest BCUT2D eigenvalue weighted by Gasteiger charge is -1.99. The van der Waals surface area contributed by atoms with Gasteiger partial charge in [0.1, 0.15) is 0 Å². The minimum absolute atomic E-state index is 1.03. The van der Waals surface area contributed by atoms with E-state index in [1.165, 1.54) is 0 Å². The van der Waals surface area contributed by atoms with Crippen molar-refractivity contribution in [2.75, 3.05) is 0 Å². The molecule has 0 spiro atoms. The lowest BCUT2D eigenvalue weighted by molar-refractivity contribution is 1.09. The Hall–Kier alpha value is -2.43. The predicted molar refractivity (Wildman–Crippen MR) is 59.4 cm³/mol. The number of pyridine rings is 1. The Morgan fingerprint density at radius 2 is 1.25 bits per heavy atom. The highest BCUT2D eigenvalue weighted by molar-refractivity contribution is 5.70. The second-order valence-corrected chi connectivity index (χ2v) is 3.44. The summed E-state index contributed by atoms with van der Waals surface area (Å²) in [5.74, 6) is 0. The van der Waals surface area contributed by atoms with Gasteiger partial charge >= 0.3 is 0 Å². The van der Waals surface area contributed by atoms with Crippen molar-refractivity contribution in [1.29, 1.82) is 0 Å². The zero-order valence-electron chi connectivity index (χ0n) is 8.38. The third-order valence-electron chi connectivity index (χ3n) is 2.40. The average molecular weight is 211 g/mol. The first-order valence-electron chi connectivity index (χ1n) is 4.87. The molecule has 3 aromatic rings. The van der Waals surface area contributed by atoms with E-state index in [1.54, 1.807) is 12.4 Å². The van der Waals surface area contributed by atoms with Crippen LogP contribution in [-0.4, -0.2) is 25.4 Å². The fourth-order valence-corrected chi connectivity index (χ4v) is 1.57. The molecular weight excluding hydrogens is 202 g/mol. The van der Waals surface area contributed by atoms with E-state index in [2.05, 4.69) is 31.4 Å². The average Bonchev–Trinajstić information content (AvgIpc) is 3.03. The first-order valence-corrected chi connectivity index (χ1v) is 4.87. The van der Waals surface area contributed by atoms with Crippen molar-refractivity contribution in [3.05, 3.63) is 43.2 Å². The lowest BCUT2D eigenvalue weighted by atomic mass is 10.1. The Balaban J connectivity index is 2.07. The third-order valence-corrected chi connectivity index (χ3v) is 2.40. The number of aromatic nitrogens is 5. The van der Waals surface area contributed by atoms with Crippen molar-refractivity contribution in [3.8, 4) is 22.3 Å². The second-order valence-electron chi connectivity index (χ2n) is 3.44. The summed E-state index contributed by atoms with van der Waals surface area (Å²) in [6.07, 6.45) is 10.9. The van der Waals surface area contributed by atoms with Crippen molar-refractivity contribution < 1.29 is 0 Å². The number of nitrogens with zero attached hydrogens (tertiary/aromatic N) is 3. The summed E-state index contributed by atoms with van der Waals surface area (Å²) in [5, 5.41) is 13.4. The topological polar surface area (TPSA) is 70.2 Å². The largest absolute Gasteiger partial charge is 0.285 e. The first kappa shape index (κ1) is 8.84. The molecule has 3 aromatic heterocycles. The summed E-state index contributed by atoms with van der Waals surface area (Å²) in [4.78, 5) is 4.21. The van der Waals surface area contributed by atoms with Crippen LogP contribution in [0.25, 0.3) is 22.3 Å². The normalized spacial score (nSPS) is 10.5. The van der Waals surface area contributed by atoms with E-state index < -0.39 is 0 Å². The monoisotopic (exact) mass is 211 g/mol. The summed E-state index contributed by atoms with van der Waals surface area (Å²) in [6, 6.07) is 2.06. The summed E-state index contributed by atoms with van der Waals surface area (Å²) < 4.78 is 0. The van der Waals surface area contributed by atoms with Gasteiger partial charge in [-0.3, -0.25) is 15.2 Å². The molecule has 0 saturated carbocycles. The van der Waals surface area contributed by atoms with Gasteiger partial charge in [-0.1, -0.05) is 0 Å². The third kappa shape index (κ3) is 1.48. The van der Waals surface area contributed by atoms with Gasteiger partial charge in [0.25, 0.3) is 0 Å². The molecule has 5 heteroatoms. The van der Waals surface area contributed by atoms with Crippen molar-refractivity contribution in [2.24, 2.45) is 0 Å². The minimum atomic E-state index is 1.03. The Kier molecular flexibility index (Phi) is 2.00. The van der Waals surface area contributed by atoms with Crippen molar-refractivity contribution in [3.63, 3.8) is 0 Å². The molecule has 0 saturated heterocycles. The molecule has 3 heterocycles. The van der Waals surface area contributed by atoms with Crippen LogP contribution in [0.15, 0.2) is 43.2 Å². The smallest absolute Gasteiger partial charge is 0.0566 e. The standard InChI is InChI=1S/C11H9N5/c1-8(10-4-13-14-5-10)2-12-3-9(1)11-6-15-16-7-11/h1-7H,(H,13,14)(H,15,16). The Morgan fingerprint density at radius 1 is 0.688 bits per heavy atom. The number of H-pyrrole nitrogens is 2. The fraction of sp³-hybridized carbons (Fsp3) is 0. The molecule has 0 aromatic carbocycles. The highest BCUT2D eigenvalue weighted by Gasteiger charge is 2.03. The van der Waals surface area contributed by atoms with Crippen molar-refractivity contribution in [2.45, 2.75) is 0 Å². The molecule has 0 amide bonds. The quantitative estimate of drug-likeness (QED) is 0.679. The van der Waals surface area contributed by atoms with Crippen LogP contribution in [0, 0.1) is 0 Å². The van der Waals surface area contributed by atoms with Gasteiger partial charge < -0.3 is 0 Å². The summed E-state index contributed by atoms with van der Waals surface area (Å²) in [5.41, 5.74) is 4.12. The molecule has 0 atom stereocenters. The van der Waals surface area contributed by atoms with Gasteiger partial charge in [0, 0.05) is 47.0 Å². The molecule has 0 aliphatic rings. The molecule has 0 unspecified atom stereocenters. The Labute approximate surface area is 91.6 Å². The first-order chi connectivity index (χ1) is 7.93. The molecule has 16 heavy (non-hydrogen) atoms. The summed E-state index contributed by atoms with van der Waals surface area (Å²) in [7, 11) is 0. The highest BCUT2D eigenvalue weighted by atomic mass is 15.1. The summed E-state index contributed by atoms with van der Waals surface area (Å²) in [6.45, 7) is 0. The predicted octanol–water partition coefficient (Wildman–Crippen LogP) is 1.86. The lowest BCUT2D eigenvalue weighted by Crippen LogP contribution is -1.81. The zero-order chi connectivity index (χ0) is 10.8. The van der Waals surface area contributed by atoms with Gasteiger partial charge in [-0.2, -0.15) is 10.2 Å². The van der Waals surface area contributed by atoms with Crippen LogP contribution in [0.2, 0.25) is 0 Å². The zero-order valence-corrected chi connectivity index (χ0v) is 8.38. The second kappa shape index (κ2) is 3.62.